The van der Waals surface area contributed by atoms with Crippen LogP contribution in [0.25, 0.3) is 0 Å². The number of piperazine rings is 1. The van der Waals surface area contributed by atoms with Crippen molar-refractivity contribution >= 4 is 11.7 Å². The normalized spacial score (nSPS) is 14.5. The molecule has 0 bridgehead atoms. The Kier molecular flexibility index (Phi) is 6.36. The minimum absolute atomic E-state index is 0.0518. The zero-order chi connectivity index (χ0) is 20.9. The minimum Gasteiger partial charge on any atom is -0.497 e. The van der Waals surface area contributed by atoms with Crippen LogP contribution in [0.15, 0.2) is 48.5 Å². The summed E-state index contributed by atoms with van der Waals surface area (Å²) in [7, 11) is 1.61. The van der Waals surface area contributed by atoms with E-state index in [-0.39, 0.29) is 23.9 Å². The van der Waals surface area contributed by atoms with Gasteiger partial charge < -0.3 is 24.6 Å². The predicted octanol–water partition coefficient (Wildman–Crippen LogP) is 3.63. The number of methoxy groups -OCH3 is 1. The van der Waals surface area contributed by atoms with Gasteiger partial charge in [-0.25, -0.2) is 4.79 Å². The first kappa shape index (κ1) is 20.6. The fourth-order valence-electron chi connectivity index (χ4n) is 3.12. The fourth-order valence-corrected chi connectivity index (χ4v) is 3.12. The van der Waals surface area contributed by atoms with Crippen LogP contribution in [-0.2, 0) is 6.54 Å². The number of hydrogen-bond acceptors (Lipinski definition) is 4. The number of halogens is 3. The highest BCUT2D eigenvalue weighted by Crippen LogP contribution is 2.26. The molecule has 1 fully saturated rings. The summed E-state index contributed by atoms with van der Waals surface area (Å²) in [5.41, 5.74) is 1.30. The van der Waals surface area contributed by atoms with E-state index in [4.69, 9.17) is 4.74 Å². The molecule has 0 radical (unpaired) electrons. The molecule has 1 saturated heterocycles. The van der Waals surface area contributed by atoms with E-state index in [2.05, 4.69) is 15.0 Å². The summed E-state index contributed by atoms with van der Waals surface area (Å²) in [5.74, 6) is 0.464. The number of para-hydroxylation sites is 1. The summed E-state index contributed by atoms with van der Waals surface area (Å²) in [4.78, 5) is 16.2. The third-order valence-corrected chi connectivity index (χ3v) is 4.63. The molecule has 9 heteroatoms. The Labute approximate surface area is 166 Å². The van der Waals surface area contributed by atoms with Crippen LogP contribution in [0.5, 0.6) is 11.5 Å². The fraction of sp³-hybridized carbons (Fsp3) is 0.350. The van der Waals surface area contributed by atoms with Gasteiger partial charge in [0.25, 0.3) is 0 Å². The van der Waals surface area contributed by atoms with Crippen LogP contribution in [0.2, 0.25) is 0 Å². The van der Waals surface area contributed by atoms with Gasteiger partial charge in [0, 0.05) is 44.0 Å². The Hall–Kier alpha value is -3.10. The van der Waals surface area contributed by atoms with Crippen molar-refractivity contribution in [1.82, 2.24) is 10.2 Å². The number of carbonyl (C=O) groups excluding carboxylic acids is 1. The molecule has 0 aromatic heterocycles. The maximum Gasteiger partial charge on any atom is 0.573 e. The summed E-state index contributed by atoms with van der Waals surface area (Å²) in [6.07, 6.45) is -4.78. The Morgan fingerprint density at radius 1 is 1.03 bits per heavy atom. The summed E-state index contributed by atoms with van der Waals surface area (Å²) in [6.45, 7) is 2.29. The molecule has 0 saturated carbocycles. The number of rotatable bonds is 5. The SMILES string of the molecule is COc1ccc(N2CCN(C(=O)NCc3ccccc3OC(F)(F)F)CC2)cc1. The number of anilines is 1. The molecule has 1 aliphatic rings. The van der Waals surface area contributed by atoms with Crippen LogP contribution in [0.3, 0.4) is 0 Å². The molecule has 0 aliphatic carbocycles. The van der Waals surface area contributed by atoms with Crippen molar-refractivity contribution in [2.75, 3.05) is 38.2 Å². The molecule has 0 atom stereocenters. The highest BCUT2D eigenvalue weighted by atomic mass is 19.4. The standard InChI is InChI=1S/C20H22F3N3O3/c1-28-17-8-6-16(7-9-17)25-10-12-26(13-11-25)19(27)24-14-15-4-2-3-5-18(15)29-20(21,22)23/h2-9H,10-14H2,1H3,(H,24,27). The van der Waals surface area contributed by atoms with Gasteiger partial charge in [0.15, 0.2) is 0 Å². The molecule has 1 aliphatic heterocycles. The van der Waals surface area contributed by atoms with Gasteiger partial charge >= 0.3 is 12.4 Å². The average molecular weight is 409 g/mol. The Bertz CT molecular complexity index is 820. The van der Waals surface area contributed by atoms with Gasteiger partial charge in [-0.15, -0.1) is 13.2 Å². The second kappa shape index (κ2) is 8.93. The lowest BCUT2D eigenvalue weighted by Crippen LogP contribution is -2.51. The van der Waals surface area contributed by atoms with Gasteiger partial charge in [-0.1, -0.05) is 18.2 Å². The summed E-state index contributed by atoms with van der Waals surface area (Å²) in [5, 5.41) is 2.67. The molecule has 0 spiro atoms. The molecular weight excluding hydrogens is 387 g/mol. The van der Waals surface area contributed by atoms with Gasteiger partial charge in [-0.2, -0.15) is 0 Å². The minimum atomic E-state index is -4.78. The van der Waals surface area contributed by atoms with Crippen molar-refractivity contribution in [2.45, 2.75) is 12.9 Å². The lowest BCUT2D eigenvalue weighted by Gasteiger charge is -2.36. The highest BCUT2D eigenvalue weighted by Gasteiger charge is 2.32. The van der Waals surface area contributed by atoms with Gasteiger partial charge in [0.05, 0.1) is 7.11 Å². The van der Waals surface area contributed by atoms with Crippen molar-refractivity contribution in [1.29, 1.82) is 0 Å². The second-order valence-corrected chi connectivity index (χ2v) is 6.49. The molecular formula is C20H22F3N3O3. The molecule has 2 aromatic rings. The maximum atomic E-state index is 12.5. The van der Waals surface area contributed by atoms with E-state index in [1.807, 2.05) is 24.3 Å². The lowest BCUT2D eigenvalue weighted by molar-refractivity contribution is -0.274. The second-order valence-electron chi connectivity index (χ2n) is 6.49. The molecule has 0 unspecified atom stereocenters. The van der Waals surface area contributed by atoms with E-state index in [0.717, 1.165) is 11.4 Å². The lowest BCUT2D eigenvalue weighted by atomic mass is 10.2. The topological polar surface area (TPSA) is 54.0 Å². The van der Waals surface area contributed by atoms with Crippen LogP contribution in [0.1, 0.15) is 5.56 Å². The number of ether oxygens (including phenoxy) is 2. The molecule has 156 valence electrons. The van der Waals surface area contributed by atoms with Crippen LogP contribution >= 0.6 is 0 Å². The Morgan fingerprint density at radius 2 is 1.69 bits per heavy atom. The van der Waals surface area contributed by atoms with Crippen molar-refractivity contribution in [3.8, 4) is 11.5 Å². The predicted molar refractivity (Wildman–Crippen MR) is 102 cm³/mol. The van der Waals surface area contributed by atoms with E-state index < -0.39 is 6.36 Å². The molecule has 6 nitrogen and oxygen atoms in total. The molecule has 2 aromatic carbocycles. The van der Waals surface area contributed by atoms with E-state index in [9.17, 15) is 18.0 Å². The molecule has 1 heterocycles. The monoisotopic (exact) mass is 409 g/mol. The number of benzene rings is 2. The number of nitrogens with zero attached hydrogens (tertiary/aromatic N) is 2. The van der Waals surface area contributed by atoms with Crippen molar-refractivity contribution in [2.24, 2.45) is 0 Å². The largest absolute Gasteiger partial charge is 0.573 e. The zero-order valence-corrected chi connectivity index (χ0v) is 15.9. The van der Waals surface area contributed by atoms with Crippen LogP contribution in [-0.4, -0.2) is 50.6 Å². The van der Waals surface area contributed by atoms with Gasteiger partial charge in [-0.05, 0) is 30.3 Å². The number of amides is 2. The first-order chi connectivity index (χ1) is 13.9. The van der Waals surface area contributed by atoms with Gasteiger partial charge in [0.1, 0.15) is 11.5 Å². The van der Waals surface area contributed by atoms with E-state index in [0.29, 0.717) is 26.2 Å². The number of nitrogens with one attached hydrogen (secondary N) is 1. The van der Waals surface area contributed by atoms with Gasteiger partial charge in [0.2, 0.25) is 0 Å². The van der Waals surface area contributed by atoms with Crippen LogP contribution in [0, 0.1) is 0 Å². The third kappa shape index (κ3) is 5.69. The molecule has 29 heavy (non-hydrogen) atoms. The number of hydrogen-bond donors (Lipinski definition) is 1. The molecule has 3 rings (SSSR count). The first-order valence-electron chi connectivity index (χ1n) is 9.11. The number of urea groups is 1. The van der Waals surface area contributed by atoms with Crippen molar-refractivity contribution in [3.63, 3.8) is 0 Å². The quantitative estimate of drug-likeness (QED) is 0.820. The summed E-state index contributed by atoms with van der Waals surface area (Å²) >= 11 is 0. The number of alkyl halides is 3. The summed E-state index contributed by atoms with van der Waals surface area (Å²) in [6, 6.07) is 13.1. The smallest absolute Gasteiger partial charge is 0.497 e. The molecule has 2 amide bonds. The summed E-state index contributed by atoms with van der Waals surface area (Å²) < 4.78 is 46.7. The number of carbonyl (C=O) groups is 1. The third-order valence-electron chi connectivity index (χ3n) is 4.63. The van der Waals surface area contributed by atoms with E-state index in [1.165, 1.54) is 18.2 Å². The van der Waals surface area contributed by atoms with Gasteiger partial charge in [-0.3, -0.25) is 0 Å². The van der Waals surface area contributed by atoms with E-state index >= 15 is 0 Å². The average Bonchev–Trinajstić information content (AvgIpc) is 2.72. The first-order valence-corrected chi connectivity index (χ1v) is 9.11. The Balaban J connectivity index is 1.51. The highest BCUT2D eigenvalue weighted by molar-refractivity contribution is 5.74. The maximum absolute atomic E-state index is 12.5. The Morgan fingerprint density at radius 3 is 2.31 bits per heavy atom. The van der Waals surface area contributed by atoms with E-state index in [1.54, 1.807) is 18.1 Å². The van der Waals surface area contributed by atoms with Crippen LogP contribution in [0.4, 0.5) is 23.7 Å². The zero-order valence-electron chi connectivity index (χ0n) is 15.9. The van der Waals surface area contributed by atoms with Crippen molar-refractivity contribution in [3.05, 3.63) is 54.1 Å². The van der Waals surface area contributed by atoms with Crippen molar-refractivity contribution < 1.29 is 27.4 Å². The molecule has 1 N–H and O–H groups in total. The van der Waals surface area contributed by atoms with Crippen LogP contribution < -0.4 is 19.7 Å².